The molecule has 1 aliphatic rings. The molecule has 36 heavy (non-hydrogen) atoms. The number of hydrogen-bond acceptors (Lipinski definition) is 4. The van der Waals surface area contributed by atoms with Crippen LogP contribution in [0.5, 0.6) is 23.0 Å². The van der Waals surface area contributed by atoms with E-state index < -0.39 is 25.0 Å². The van der Waals surface area contributed by atoms with Gasteiger partial charge >= 0.3 is 0 Å². The summed E-state index contributed by atoms with van der Waals surface area (Å²) in [6.45, 7) is 29.1. The molecule has 200 valence electrons. The Bertz CT molecular complexity index is 1100. The minimum atomic E-state index is -1.89. The summed E-state index contributed by atoms with van der Waals surface area (Å²) >= 11 is 0. The van der Waals surface area contributed by atoms with Crippen molar-refractivity contribution in [3.63, 3.8) is 0 Å². The van der Waals surface area contributed by atoms with Crippen LogP contribution in [0.2, 0.25) is 58.9 Å². The molecule has 0 radical (unpaired) electrons. The first-order valence-electron chi connectivity index (χ1n) is 13.3. The third-order valence-electron chi connectivity index (χ3n) is 7.12. The molecule has 0 spiro atoms. The Morgan fingerprint density at radius 2 is 1.19 bits per heavy atom. The lowest BCUT2D eigenvalue weighted by atomic mass is 9.60. The summed E-state index contributed by atoms with van der Waals surface area (Å²) in [5.74, 6) is 3.84. The Kier molecular flexibility index (Phi) is 7.65. The van der Waals surface area contributed by atoms with Gasteiger partial charge in [-0.3, -0.25) is 0 Å². The highest BCUT2D eigenvalue weighted by Crippen LogP contribution is 2.56. The van der Waals surface area contributed by atoms with E-state index in [2.05, 4.69) is 123 Å². The van der Waals surface area contributed by atoms with Gasteiger partial charge in [0.15, 0.2) is 0 Å². The quantitative estimate of drug-likeness (QED) is 0.311. The third kappa shape index (κ3) is 6.22. The van der Waals surface area contributed by atoms with E-state index in [-0.39, 0.29) is 16.9 Å². The normalized spacial score (nSPS) is 24.5. The van der Waals surface area contributed by atoms with Crippen molar-refractivity contribution in [2.75, 3.05) is 0 Å². The molecule has 1 aliphatic heterocycles. The minimum Gasteiger partial charge on any atom is -0.544 e. The summed E-state index contributed by atoms with van der Waals surface area (Å²) in [5, 5.41) is 0. The molecule has 0 saturated carbocycles. The van der Waals surface area contributed by atoms with Crippen molar-refractivity contribution >= 4 is 25.0 Å². The molecule has 0 fully saturated rings. The van der Waals surface area contributed by atoms with Crippen molar-refractivity contribution in [1.29, 1.82) is 0 Å². The Labute approximate surface area is 223 Å². The van der Waals surface area contributed by atoms with Gasteiger partial charge in [-0.1, -0.05) is 32.9 Å². The van der Waals surface area contributed by atoms with Gasteiger partial charge in [0.25, 0.3) is 0 Å². The third-order valence-corrected chi connectivity index (χ3v) is 9.64. The molecule has 7 heteroatoms. The first kappa shape index (κ1) is 28.9. The van der Waals surface area contributed by atoms with Crippen LogP contribution in [0, 0.1) is 5.92 Å². The van der Waals surface area contributed by atoms with Gasteiger partial charge in [-0.05, 0) is 84.4 Å². The summed E-state index contributed by atoms with van der Waals surface area (Å²) < 4.78 is 26.3. The molecule has 4 nitrogen and oxygen atoms in total. The van der Waals surface area contributed by atoms with E-state index >= 15 is 0 Å². The van der Waals surface area contributed by atoms with Crippen molar-refractivity contribution in [3.05, 3.63) is 47.5 Å². The molecule has 3 rings (SSSR count). The number of benzene rings is 2. The highest BCUT2D eigenvalue weighted by molar-refractivity contribution is 6.71. The summed E-state index contributed by atoms with van der Waals surface area (Å²) in [6, 6.07) is 12.9. The molecule has 0 aromatic heterocycles. The van der Waals surface area contributed by atoms with Crippen LogP contribution in [0.15, 0.2) is 36.4 Å². The van der Waals surface area contributed by atoms with Gasteiger partial charge < -0.3 is 18.0 Å². The van der Waals surface area contributed by atoms with Gasteiger partial charge in [0.05, 0.1) is 0 Å². The smallest absolute Gasteiger partial charge is 0.242 e. The van der Waals surface area contributed by atoms with Crippen LogP contribution in [0.4, 0.5) is 0 Å². The molecule has 3 unspecified atom stereocenters. The molecule has 0 saturated heterocycles. The van der Waals surface area contributed by atoms with E-state index in [4.69, 9.17) is 18.0 Å². The Hall–Kier alpha value is -1.71. The zero-order chi connectivity index (χ0) is 27.3. The lowest BCUT2D eigenvalue weighted by molar-refractivity contribution is -0.0179. The van der Waals surface area contributed by atoms with Crippen LogP contribution in [0.1, 0.15) is 45.2 Å². The van der Waals surface area contributed by atoms with Crippen LogP contribution in [0.25, 0.3) is 0 Å². The molecule has 3 atom stereocenters. The molecule has 0 aliphatic carbocycles. The van der Waals surface area contributed by atoms with Gasteiger partial charge in [0.2, 0.25) is 25.0 Å². The fraction of sp³-hybridized carbons (Fsp3) is 0.586. The van der Waals surface area contributed by atoms with Crippen LogP contribution in [0.3, 0.4) is 0 Å². The number of rotatable bonds is 8. The van der Waals surface area contributed by atoms with Gasteiger partial charge in [-0.25, -0.2) is 0 Å². The Morgan fingerprint density at radius 3 is 1.67 bits per heavy atom. The predicted molar refractivity (Wildman–Crippen MR) is 160 cm³/mol. The fourth-order valence-electron chi connectivity index (χ4n) is 5.14. The van der Waals surface area contributed by atoms with Crippen LogP contribution in [-0.4, -0.2) is 30.6 Å². The van der Waals surface area contributed by atoms with E-state index in [9.17, 15) is 0 Å². The molecule has 0 N–H and O–H groups in total. The summed E-state index contributed by atoms with van der Waals surface area (Å²) in [6.07, 6.45) is 0.906. The molecular formula is C29H48O4Si3. The standard InChI is InChI=1S/C29H48O4Si3/c1-14-28(3)21(2)29(4,24-17-15-22(19-26(24)30-28)31-34(5,6)7)25-18-16-23(32-35(8,9)10)20-27(25)33-36(11,12)13/h15-21H,14H2,1-13H3. The fourth-order valence-corrected chi connectivity index (χ4v) is 7.63. The summed E-state index contributed by atoms with van der Waals surface area (Å²) in [4.78, 5) is 0. The Morgan fingerprint density at radius 1 is 0.722 bits per heavy atom. The summed E-state index contributed by atoms with van der Waals surface area (Å²) in [5.41, 5.74) is 1.73. The van der Waals surface area contributed by atoms with Crippen molar-refractivity contribution in [1.82, 2.24) is 0 Å². The first-order valence-corrected chi connectivity index (χ1v) is 23.5. The molecule has 2 aromatic rings. The largest absolute Gasteiger partial charge is 0.544 e. The Balaban J connectivity index is 2.26. The SMILES string of the molecule is CCC1(C)Oc2cc(O[Si](C)(C)C)ccc2C(C)(c2ccc(O[Si](C)(C)C)cc2O[Si](C)(C)C)C1C. The van der Waals surface area contributed by atoms with Gasteiger partial charge in [-0.15, -0.1) is 0 Å². The molecule has 0 amide bonds. The number of hydrogen-bond donors (Lipinski definition) is 0. The van der Waals surface area contributed by atoms with E-state index in [0.29, 0.717) is 0 Å². The average Bonchev–Trinajstić information content (AvgIpc) is 2.68. The lowest BCUT2D eigenvalue weighted by Crippen LogP contribution is -2.53. The molecule has 2 aromatic carbocycles. The van der Waals surface area contributed by atoms with E-state index in [1.165, 1.54) is 11.1 Å². The van der Waals surface area contributed by atoms with Crippen LogP contribution in [-0.2, 0) is 5.41 Å². The number of ether oxygens (including phenoxy) is 1. The molecule has 0 bridgehead atoms. The van der Waals surface area contributed by atoms with Gasteiger partial charge in [-0.2, -0.15) is 0 Å². The summed E-state index contributed by atoms with van der Waals surface area (Å²) in [7, 11) is -5.39. The zero-order valence-electron chi connectivity index (χ0n) is 24.9. The van der Waals surface area contributed by atoms with E-state index in [0.717, 1.165) is 29.4 Å². The second-order valence-electron chi connectivity index (χ2n) is 13.7. The zero-order valence-corrected chi connectivity index (χ0v) is 27.9. The molecule has 1 heterocycles. The molecular weight excluding hydrogens is 497 g/mol. The van der Waals surface area contributed by atoms with Crippen molar-refractivity contribution in [2.24, 2.45) is 5.92 Å². The van der Waals surface area contributed by atoms with Gasteiger partial charge in [0.1, 0.15) is 28.6 Å². The average molecular weight is 545 g/mol. The van der Waals surface area contributed by atoms with Crippen LogP contribution >= 0.6 is 0 Å². The van der Waals surface area contributed by atoms with Gasteiger partial charge in [0, 0.05) is 34.6 Å². The lowest BCUT2D eigenvalue weighted by Gasteiger charge is -2.52. The van der Waals surface area contributed by atoms with Crippen molar-refractivity contribution < 1.29 is 18.0 Å². The first-order chi connectivity index (χ1) is 16.3. The van der Waals surface area contributed by atoms with E-state index in [1.54, 1.807) is 0 Å². The van der Waals surface area contributed by atoms with Crippen LogP contribution < -0.4 is 18.0 Å². The van der Waals surface area contributed by atoms with Crippen molar-refractivity contribution in [2.45, 2.75) is 104 Å². The second kappa shape index (κ2) is 9.55. The van der Waals surface area contributed by atoms with Crippen molar-refractivity contribution in [3.8, 4) is 23.0 Å². The second-order valence-corrected chi connectivity index (χ2v) is 26.9. The van der Waals surface area contributed by atoms with E-state index in [1.807, 2.05) is 0 Å². The number of fused-ring (bicyclic) bond motifs is 1. The maximum absolute atomic E-state index is 6.78. The maximum Gasteiger partial charge on any atom is 0.242 e. The predicted octanol–water partition coefficient (Wildman–Crippen LogP) is 8.83. The highest BCUT2D eigenvalue weighted by atomic mass is 28.4. The maximum atomic E-state index is 6.78. The minimum absolute atomic E-state index is 0.207. The monoisotopic (exact) mass is 544 g/mol. The highest BCUT2D eigenvalue weighted by Gasteiger charge is 2.52. The topological polar surface area (TPSA) is 36.9 Å².